The van der Waals surface area contributed by atoms with Crippen molar-refractivity contribution >= 4 is 23.2 Å². The van der Waals surface area contributed by atoms with Gasteiger partial charge in [-0.25, -0.2) is 13.8 Å². The first-order valence-corrected chi connectivity index (χ1v) is 6.07. The molecule has 17 heavy (non-hydrogen) atoms. The van der Waals surface area contributed by atoms with Crippen molar-refractivity contribution in [3.8, 4) is 0 Å². The maximum absolute atomic E-state index is 13.1. The number of pyridine rings is 1. The number of hydrogen-bond donors (Lipinski definition) is 1. The van der Waals surface area contributed by atoms with Gasteiger partial charge in [0.15, 0.2) is 0 Å². The molecule has 0 unspecified atom stereocenters. The third-order valence-corrected chi connectivity index (χ3v) is 3.60. The van der Waals surface area contributed by atoms with Crippen molar-refractivity contribution in [1.29, 1.82) is 0 Å². The average Bonchev–Trinajstić information content (AvgIpc) is 2.22. The fourth-order valence-corrected chi connectivity index (χ4v) is 2.56. The number of nitrogens with two attached hydrogens (primary N) is 1. The van der Waals surface area contributed by atoms with Crippen LogP contribution >= 0.6 is 23.2 Å². The summed E-state index contributed by atoms with van der Waals surface area (Å²) in [5.41, 5.74) is 6.06. The topological polar surface area (TPSA) is 38.9 Å². The summed E-state index contributed by atoms with van der Waals surface area (Å²) in [7, 11) is 0. The van der Waals surface area contributed by atoms with Gasteiger partial charge in [-0.1, -0.05) is 23.2 Å². The van der Waals surface area contributed by atoms with E-state index in [9.17, 15) is 8.78 Å². The fourth-order valence-electron chi connectivity index (χ4n) is 2.10. The molecule has 1 aliphatic rings. The number of aromatic nitrogens is 1. The van der Waals surface area contributed by atoms with Crippen LogP contribution in [0.2, 0.25) is 10.3 Å². The molecule has 1 aromatic rings. The van der Waals surface area contributed by atoms with E-state index in [1.807, 2.05) is 0 Å². The van der Waals surface area contributed by atoms with Gasteiger partial charge in [-0.3, -0.25) is 0 Å². The molecule has 2 N–H and O–H groups in total. The number of halogens is 4. The van der Waals surface area contributed by atoms with E-state index in [4.69, 9.17) is 28.9 Å². The van der Waals surface area contributed by atoms with Crippen LogP contribution in [0.3, 0.4) is 0 Å². The molecule has 0 aliphatic heterocycles. The summed E-state index contributed by atoms with van der Waals surface area (Å²) in [6.45, 7) is 0. The number of hydrogen-bond acceptors (Lipinski definition) is 2. The lowest BCUT2D eigenvalue weighted by molar-refractivity contribution is -0.0514. The van der Waals surface area contributed by atoms with Crippen molar-refractivity contribution in [2.75, 3.05) is 0 Å². The lowest BCUT2D eigenvalue weighted by Gasteiger charge is -2.37. The second-order valence-electron chi connectivity index (χ2n) is 4.51. The van der Waals surface area contributed by atoms with Gasteiger partial charge < -0.3 is 5.73 Å². The average molecular weight is 281 g/mol. The summed E-state index contributed by atoms with van der Waals surface area (Å²) in [5.74, 6) is -2.61. The lowest BCUT2D eigenvalue weighted by Crippen LogP contribution is -2.43. The molecule has 0 bridgehead atoms. The van der Waals surface area contributed by atoms with E-state index in [1.165, 1.54) is 0 Å². The van der Waals surface area contributed by atoms with E-state index in [0.717, 1.165) is 0 Å². The van der Waals surface area contributed by atoms with Gasteiger partial charge in [-0.05, 0) is 30.5 Å². The van der Waals surface area contributed by atoms with Crippen LogP contribution in [0.5, 0.6) is 0 Å². The van der Waals surface area contributed by atoms with Crippen LogP contribution < -0.4 is 5.73 Å². The minimum Gasteiger partial charge on any atom is -0.321 e. The van der Waals surface area contributed by atoms with Crippen molar-refractivity contribution in [2.45, 2.75) is 37.1 Å². The van der Waals surface area contributed by atoms with Gasteiger partial charge in [-0.15, -0.1) is 0 Å². The Bertz CT molecular complexity index is 407. The molecule has 0 aromatic carbocycles. The molecule has 6 heteroatoms. The summed E-state index contributed by atoms with van der Waals surface area (Å²) < 4.78 is 26.2. The summed E-state index contributed by atoms with van der Waals surface area (Å²) in [6.07, 6.45) is 0.0233. The summed E-state index contributed by atoms with van der Waals surface area (Å²) in [6, 6.07) is 3.19. The molecule has 1 saturated carbocycles. The Labute approximate surface area is 108 Å². The van der Waals surface area contributed by atoms with Crippen LogP contribution in [0.25, 0.3) is 0 Å². The SMILES string of the molecule is NC1(c2cc(Cl)nc(Cl)c2)CCC(F)(F)CC1. The lowest BCUT2D eigenvalue weighted by atomic mass is 9.76. The molecule has 1 heterocycles. The van der Waals surface area contributed by atoms with Crippen LogP contribution in [-0.4, -0.2) is 10.9 Å². The third-order valence-electron chi connectivity index (χ3n) is 3.21. The molecule has 1 fully saturated rings. The molecule has 1 aliphatic carbocycles. The molecule has 0 radical (unpaired) electrons. The van der Waals surface area contributed by atoms with Crippen molar-refractivity contribution in [2.24, 2.45) is 5.73 Å². The van der Waals surface area contributed by atoms with Crippen LogP contribution in [0.1, 0.15) is 31.2 Å². The number of rotatable bonds is 1. The normalized spacial score (nSPS) is 22.4. The zero-order valence-corrected chi connectivity index (χ0v) is 10.5. The second kappa shape index (κ2) is 4.34. The largest absolute Gasteiger partial charge is 0.321 e. The van der Waals surface area contributed by atoms with Gasteiger partial charge in [0.1, 0.15) is 10.3 Å². The maximum Gasteiger partial charge on any atom is 0.248 e. The minimum atomic E-state index is -2.61. The van der Waals surface area contributed by atoms with Crippen molar-refractivity contribution in [1.82, 2.24) is 4.98 Å². The fraction of sp³-hybridized carbons (Fsp3) is 0.545. The first-order valence-electron chi connectivity index (χ1n) is 5.31. The molecular weight excluding hydrogens is 269 g/mol. The van der Waals surface area contributed by atoms with E-state index in [2.05, 4.69) is 4.98 Å². The molecule has 2 nitrogen and oxygen atoms in total. The van der Waals surface area contributed by atoms with E-state index in [-0.39, 0.29) is 36.0 Å². The first kappa shape index (κ1) is 13.0. The third kappa shape index (κ3) is 2.87. The van der Waals surface area contributed by atoms with Gasteiger partial charge in [0.2, 0.25) is 5.92 Å². The van der Waals surface area contributed by atoms with Gasteiger partial charge in [0.25, 0.3) is 0 Å². The summed E-state index contributed by atoms with van der Waals surface area (Å²) in [5, 5.41) is 0.462. The summed E-state index contributed by atoms with van der Waals surface area (Å²) >= 11 is 11.6. The highest BCUT2D eigenvalue weighted by Gasteiger charge is 2.42. The van der Waals surface area contributed by atoms with Crippen molar-refractivity contribution in [3.63, 3.8) is 0 Å². The van der Waals surface area contributed by atoms with E-state index < -0.39 is 11.5 Å². The number of nitrogens with zero attached hydrogens (tertiary/aromatic N) is 1. The van der Waals surface area contributed by atoms with Gasteiger partial charge in [-0.2, -0.15) is 0 Å². The van der Waals surface area contributed by atoms with Crippen LogP contribution in [-0.2, 0) is 5.54 Å². The monoisotopic (exact) mass is 280 g/mol. The van der Waals surface area contributed by atoms with Crippen LogP contribution in [0.15, 0.2) is 12.1 Å². The molecule has 1 aromatic heterocycles. The second-order valence-corrected chi connectivity index (χ2v) is 5.29. The van der Waals surface area contributed by atoms with Crippen molar-refractivity contribution < 1.29 is 8.78 Å². The van der Waals surface area contributed by atoms with E-state index in [1.54, 1.807) is 12.1 Å². The zero-order valence-electron chi connectivity index (χ0n) is 9.02. The Morgan fingerprint density at radius 3 is 2.00 bits per heavy atom. The predicted octanol–water partition coefficient (Wildman–Crippen LogP) is 3.75. The van der Waals surface area contributed by atoms with Crippen LogP contribution in [0, 0.1) is 0 Å². The molecule has 94 valence electrons. The van der Waals surface area contributed by atoms with Crippen molar-refractivity contribution in [3.05, 3.63) is 28.0 Å². The number of alkyl halides is 2. The summed E-state index contributed by atoms with van der Waals surface area (Å²) in [4.78, 5) is 3.82. The Morgan fingerprint density at radius 2 is 1.53 bits per heavy atom. The molecule has 0 amide bonds. The highest BCUT2D eigenvalue weighted by Crippen LogP contribution is 2.42. The maximum atomic E-state index is 13.1. The Kier molecular flexibility index (Phi) is 3.31. The van der Waals surface area contributed by atoms with E-state index in [0.29, 0.717) is 5.56 Å². The Morgan fingerprint density at radius 1 is 1.06 bits per heavy atom. The first-order chi connectivity index (χ1) is 7.81. The smallest absolute Gasteiger partial charge is 0.248 e. The molecule has 2 rings (SSSR count). The standard InChI is InChI=1S/C11H12Cl2F2N2/c12-8-5-7(6-9(13)17-8)10(16)1-3-11(14,15)4-2-10/h5-6H,1-4,16H2. The zero-order chi connectivity index (χ0) is 12.7. The van der Waals surface area contributed by atoms with Gasteiger partial charge in [0.05, 0.1) is 0 Å². The molecule has 0 atom stereocenters. The highest BCUT2D eigenvalue weighted by atomic mass is 35.5. The van der Waals surface area contributed by atoms with E-state index >= 15 is 0 Å². The Hall–Kier alpha value is -0.450. The van der Waals surface area contributed by atoms with Gasteiger partial charge >= 0.3 is 0 Å². The van der Waals surface area contributed by atoms with Crippen LogP contribution in [0.4, 0.5) is 8.78 Å². The molecule has 0 spiro atoms. The predicted molar refractivity (Wildman–Crippen MR) is 63.5 cm³/mol. The molecular formula is C11H12Cl2F2N2. The quantitative estimate of drug-likeness (QED) is 0.796. The van der Waals surface area contributed by atoms with Gasteiger partial charge in [0, 0.05) is 18.4 Å². The Balaban J connectivity index is 2.27. The minimum absolute atomic E-state index is 0.207. The highest BCUT2D eigenvalue weighted by molar-refractivity contribution is 6.32. The molecule has 0 saturated heterocycles.